The van der Waals surface area contributed by atoms with Crippen LogP contribution in [-0.4, -0.2) is 26.7 Å². The van der Waals surface area contributed by atoms with E-state index in [4.69, 9.17) is 0 Å². The Bertz CT molecular complexity index is 539. The highest BCUT2D eigenvalue weighted by atomic mass is 32.2. The summed E-state index contributed by atoms with van der Waals surface area (Å²) in [6, 6.07) is 4.64. The fourth-order valence-corrected chi connectivity index (χ4v) is 3.43. The molecule has 0 spiro atoms. The van der Waals surface area contributed by atoms with E-state index >= 15 is 0 Å². The van der Waals surface area contributed by atoms with Gasteiger partial charge in [-0.25, -0.2) is 12.8 Å². The van der Waals surface area contributed by atoms with Crippen LogP contribution in [0.2, 0.25) is 0 Å². The van der Waals surface area contributed by atoms with Gasteiger partial charge in [-0.15, -0.1) is 0 Å². The number of carbonyl (C=O) groups is 1. The lowest BCUT2D eigenvalue weighted by molar-refractivity contribution is -0.140. The molecule has 0 aliphatic heterocycles. The van der Waals surface area contributed by atoms with Gasteiger partial charge in [-0.05, 0) is 24.6 Å². The first-order valence-electron chi connectivity index (χ1n) is 6.00. The quantitative estimate of drug-likeness (QED) is 0.754. The van der Waals surface area contributed by atoms with Crippen LogP contribution >= 0.6 is 0 Å². The summed E-state index contributed by atoms with van der Waals surface area (Å²) in [6.45, 7) is 1.89. The van der Waals surface area contributed by atoms with Crippen molar-refractivity contribution in [1.82, 2.24) is 0 Å². The number of unbranched alkanes of at least 4 members (excludes halogenated alkanes) is 1. The number of benzene rings is 1. The molecule has 0 aliphatic carbocycles. The number of halogens is 1. The maximum absolute atomic E-state index is 13.1. The number of carbonyl (C=O) groups excluding carboxylic acids is 1. The standard InChI is InChI=1S/C13H17FO4S/c1-3-4-8-12(13(15)18-2)19(16,17)11-7-5-6-10(14)9-11/h5-7,9,12H,3-4,8H2,1-2H3. The van der Waals surface area contributed by atoms with E-state index < -0.39 is 26.9 Å². The number of sulfone groups is 1. The molecule has 1 atom stereocenters. The molecule has 0 N–H and O–H groups in total. The van der Waals surface area contributed by atoms with Crippen molar-refractivity contribution < 1.29 is 22.3 Å². The third kappa shape index (κ3) is 3.76. The Hall–Kier alpha value is -1.43. The van der Waals surface area contributed by atoms with Gasteiger partial charge in [-0.3, -0.25) is 4.79 Å². The first-order chi connectivity index (χ1) is 8.93. The van der Waals surface area contributed by atoms with Gasteiger partial charge in [-0.2, -0.15) is 0 Å². The number of ether oxygens (including phenoxy) is 1. The summed E-state index contributed by atoms with van der Waals surface area (Å²) in [5, 5.41) is -1.28. The van der Waals surface area contributed by atoms with Crippen LogP contribution in [0.1, 0.15) is 26.2 Å². The summed E-state index contributed by atoms with van der Waals surface area (Å²) < 4.78 is 42.3. The molecule has 0 aromatic heterocycles. The Kier molecular flexibility index (Phi) is 5.47. The van der Waals surface area contributed by atoms with Crippen molar-refractivity contribution in [2.24, 2.45) is 0 Å². The van der Waals surface area contributed by atoms with Gasteiger partial charge in [-0.1, -0.05) is 25.8 Å². The Morgan fingerprint density at radius 3 is 2.63 bits per heavy atom. The van der Waals surface area contributed by atoms with Gasteiger partial charge in [0.2, 0.25) is 0 Å². The molecule has 0 heterocycles. The van der Waals surface area contributed by atoms with E-state index in [2.05, 4.69) is 4.74 Å². The van der Waals surface area contributed by atoms with E-state index in [1.165, 1.54) is 12.1 Å². The molecule has 0 saturated heterocycles. The van der Waals surface area contributed by atoms with Crippen molar-refractivity contribution in [3.8, 4) is 0 Å². The second-order valence-corrected chi connectivity index (χ2v) is 6.29. The van der Waals surface area contributed by atoms with Crippen molar-refractivity contribution in [1.29, 1.82) is 0 Å². The first-order valence-corrected chi connectivity index (χ1v) is 7.55. The summed E-state index contributed by atoms with van der Waals surface area (Å²) in [5.41, 5.74) is 0. The van der Waals surface area contributed by atoms with Gasteiger partial charge in [0.05, 0.1) is 12.0 Å². The SMILES string of the molecule is CCCCC(C(=O)OC)S(=O)(=O)c1cccc(F)c1. The van der Waals surface area contributed by atoms with Gasteiger partial charge >= 0.3 is 5.97 Å². The normalized spacial score (nSPS) is 13.0. The van der Waals surface area contributed by atoms with Gasteiger partial charge in [0, 0.05) is 0 Å². The lowest BCUT2D eigenvalue weighted by Gasteiger charge is -2.15. The van der Waals surface area contributed by atoms with Crippen molar-refractivity contribution in [2.45, 2.75) is 36.3 Å². The highest BCUT2D eigenvalue weighted by Gasteiger charge is 2.34. The predicted molar refractivity (Wildman–Crippen MR) is 68.9 cm³/mol. The minimum atomic E-state index is -3.92. The van der Waals surface area contributed by atoms with Crippen LogP contribution in [-0.2, 0) is 19.4 Å². The highest BCUT2D eigenvalue weighted by molar-refractivity contribution is 7.92. The number of hydrogen-bond acceptors (Lipinski definition) is 4. The zero-order valence-electron chi connectivity index (χ0n) is 10.9. The molecular weight excluding hydrogens is 271 g/mol. The number of methoxy groups -OCH3 is 1. The van der Waals surface area contributed by atoms with E-state index in [0.29, 0.717) is 6.42 Å². The van der Waals surface area contributed by atoms with Crippen LogP contribution in [0.5, 0.6) is 0 Å². The molecule has 0 aliphatic rings. The number of rotatable bonds is 6. The topological polar surface area (TPSA) is 60.4 Å². The summed E-state index contributed by atoms with van der Waals surface area (Å²) in [5.74, 6) is -1.46. The smallest absolute Gasteiger partial charge is 0.324 e. The molecule has 0 saturated carbocycles. The van der Waals surface area contributed by atoms with Crippen LogP contribution in [0.4, 0.5) is 4.39 Å². The van der Waals surface area contributed by atoms with Crippen LogP contribution < -0.4 is 0 Å². The second-order valence-electron chi connectivity index (χ2n) is 4.16. The molecule has 19 heavy (non-hydrogen) atoms. The Balaban J connectivity index is 3.15. The van der Waals surface area contributed by atoms with Gasteiger partial charge in [0.1, 0.15) is 5.82 Å². The summed E-state index contributed by atoms with van der Waals surface area (Å²) in [6.07, 6.45) is 1.50. The summed E-state index contributed by atoms with van der Waals surface area (Å²) >= 11 is 0. The monoisotopic (exact) mass is 288 g/mol. The number of esters is 1. The van der Waals surface area contributed by atoms with E-state index in [-0.39, 0.29) is 11.3 Å². The van der Waals surface area contributed by atoms with Crippen molar-refractivity contribution in [3.05, 3.63) is 30.1 Å². The molecule has 1 aromatic carbocycles. The van der Waals surface area contributed by atoms with Crippen molar-refractivity contribution in [2.75, 3.05) is 7.11 Å². The molecule has 0 fully saturated rings. The van der Waals surface area contributed by atoms with Gasteiger partial charge in [0.25, 0.3) is 0 Å². The van der Waals surface area contributed by atoms with Crippen molar-refractivity contribution >= 4 is 15.8 Å². The third-order valence-corrected chi connectivity index (χ3v) is 4.87. The molecule has 0 bridgehead atoms. The van der Waals surface area contributed by atoms with Crippen LogP contribution in [0.15, 0.2) is 29.2 Å². The largest absolute Gasteiger partial charge is 0.468 e. The van der Waals surface area contributed by atoms with Crippen LogP contribution in [0.25, 0.3) is 0 Å². The molecule has 1 aromatic rings. The molecule has 0 amide bonds. The fraction of sp³-hybridized carbons (Fsp3) is 0.462. The van der Waals surface area contributed by atoms with E-state index in [1.807, 2.05) is 6.92 Å². The fourth-order valence-electron chi connectivity index (χ4n) is 1.73. The predicted octanol–water partition coefficient (Wildman–Crippen LogP) is 2.33. The Morgan fingerprint density at radius 1 is 1.42 bits per heavy atom. The highest BCUT2D eigenvalue weighted by Crippen LogP contribution is 2.21. The zero-order chi connectivity index (χ0) is 14.5. The minimum Gasteiger partial charge on any atom is -0.468 e. The molecule has 6 heteroatoms. The first kappa shape index (κ1) is 15.6. The average Bonchev–Trinajstić information content (AvgIpc) is 2.38. The van der Waals surface area contributed by atoms with Crippen LogP contribution in [0.3, 0.4) is 0 Å². The molecule has 0 radical (unpaired) electrons. The molecule has 4 nitrogen and oxygen atoms in total. The van der Waals surface area contributed by atoms with Gasteiger partial charge < -0.3 is 4.74 Å². The zero-order valence-corrected chi connectivity index (χ0v) is 11.7. The Morgan fingerprint density at radius 2 is 2.11 bits per heavy atom. The van der Waals surface area contributed by atoms with Crippen molar-refractivity contribution in [3.63, 3.8) is 0 Å². The second kappa shape index (κ2) is 6.65. The Labute approximate surface area is 112 Å². The molecule has 106 valence electrons. The van der Waals surface area contributed by atoms with Gasteiger partial charge in [0.15, 0.2) is 15.1 Å². The lowest BCUT2D eigenvalue weighted by atomic mass is 10.2. The van der Waals surface area contributed by atoms with Crippen LogP contribution in [0, 0.1) is 5.82 Å². The number of hydrogen-bond donors (Lipinski definition) is 0. The third-order valence-electron chi connectivity index (χ3n) is 2.78. The van der Waals surface area contributed by atoms with E-state index in [9.17, 15) is 17.6 Å². The maximum atomic E-state index is 13.1. The molecular formula is C13H17FO4S. The van der Waals surface area contributed by atoms with E-state index in [1.54, 1.807) is 0 Å². The average molecular weight is 288 g/mol. The van der Waals surface area contributed by atoms with E-state index in [0.717, 1.165) is 25.7 Å². The summed E-state index contributed by atoms with van der Waals surface area (Å²) in [7, 11) is -2.78. The summed E-state index contributed by atoms with van der Waals surface area (Å²) in [4.78, 5) is 11.4. The molecule has 1 unspecified atom stereocenters. The maximum Gasteiger partial charge on any atom is 0.324 e. The molecule has 1 rings (SSSR count). The minimum absolute atomic E-state index is 0.169. The lowest BCUT2D eigenvalue weighted by Crippen LogP contribution is -2.31.